The van der Waals surface area contributed by atoms with Gasteiger partial charge in [-0.15, -0.1) is 0 Å². The summed E-state index contributed by atoms with van der Waals surface area (Å²) in [5, 5.41) is 0. The molecule has 3 rings (SSSR count). The van der Waals surface area contributed by atoms with Gasteiger partial charge in [0.2, 0.25) is 0 Å². The molecule has 2 heterocycles. The Balaban J connectivity index is 1.73. The van der Waals surface area contributed by atoms with E-state index in [1.807, 2.05) is 36.0 Å². The highest BCUT2D eigenvalue weighted by Gasteiger charge is 2.27. The summed E-state index contributed by atoms with van der Waals surface area (Å²) < 4.78 is 10.1. The molecule has 1 aliphatic rings. The zero-order valence-electron chi connectivity index (χ0n) is 14.9. The first-order chi connectivity index (χ1) is 12.1. The number of nitrogens with zero attached hydrogens (tertiary/aromatic N) is 3. The fourth-order valence-electron chi connectivity index (χ4n) is 3.39. The monoisotopic (exact) mass is 359 g/mol. The van der Waals surface area contributed by atoms with E-state index in [-0.39, 0.29) is 11.9 Å². The van der Waals surface area contributed by atoms with Gasteiger partial charge in [0, 0.05) is 18.9 Å². The molecule has 25 heavy (non-hydrogen) atoms. The molecule has 0 N–H and O–H groups in total. The molecule has 1 atom stereocenters. The second-order valence-electron chi connectivity index (χ2n) is 6.52. The van der Waals surface area contributed by atoms with E-state index in [0.29, 0.717) is 13.3 Å². The van der Waals surface area contributed by atoms with E-state index in [1.165, 1.54) is 5.56 Å². The highest BCUT2D eigenvalue weighted by atomic mass is 32.1. The maximum absolute atomic E-state index is 12.0. The standard InChI is InChI=1S/C19H25N3O2S/c1-3-24-18(23)16-8-6-10-20(13-16)14-21-11-12-22(19(21)25)17-9-5-4-7-15(17)2/h4-5,7,9,11-12,16H,3,6,8,10,13-14H2,1-2H3/t16-/m1/s1. The third-order valence-corrected chi connectivity index (χ3v) is 5.13. The van der Waals surface area contributed by atoms with Gasteiger partial charge < -0.3 is 9.30 Å². The SMILES string of the molecule is CCOC(=O)[C@@H]1CCCN(Cn2ccn(-c3ccccc3C)c2=S)C1. The van der Waals surface area contributed by atoms with E-state index < -0.39 is 0 Å². The molecule has 134 valence electrons. The first kappa shape index (κ1) is 17.9. The minimum atomic E-state index is -0.0757. The van der Waals surface area contributed by atoms with Crippen molar-refractivity contribution in [1.82, 2.24) is 14.0 Å². The van der Waals surface area contributed by atoms with Gasteiger partial charge in [-0.05, 0) is 57.1 Å². The van der Waals surface area contributed by atoms with Crippen molar-refractivity contribution in [2.75, 3.05) is 19.7 Å². The predicted octanol–water partition coefficient (Wildman–Crippen LogP) is 3.55. The second-order valence-corrected chi connectivity index (χ2v) is 6.88. The number of aryl methyl sites for hydroxylation is 1. The van der Waals surface area contributed by atoms with Gasteiger partial charge in [-0.25, -0.2) is 0 Å². The summed E-state index contributed by atoms with van der Waals surface area (Å²) in [6, 6.07) is 8.22. The van der Waals surface area contributed by atoms with Crippen LogP contribution in [0.25, 0.3) is 5.69 Å². The van der Waals surface area contributed by atoms with Gasteiger partial charge >= 0.3 is 5.97 Å². The third-order valence-electron chi connectivity index (χ3n) is 4.70. The van der Waals surface area contributed by atoms with Crippen molar-refractivity contribution < 1.29 is 9.53 Å². The van der Waals surface area contributed by atoms with Crippen LogP contribution in [0, 0.1) is 17.6 Å². The predicted molar refractivity (Wildman–Crippen MR) is 100 cm³/mol. The number of para-hydroxylation sites is 1. The zero-order valence-corrected chi connectivity index (χ0v) is 15.7. The van der Waals surface area contributed by atoms with E-state index in [0.717, 1.165) is 36.4 Å². The Bertz CT molecular complexity index is 796. The zero-order chi connectivity index (χ0) is 17.8. The number of imidazole rings is 1. The summed E-state index contributed by atoms with van der Waals surface area (Å²) in [6.45, 7) is 6.80. The van der Waals surface area contributed by atoms with Crippen LogP contribution in [0.5, 0.6) is 0 Å². The van der Waals surface area contributed by atoms with Crippen LogP contribution in [0.1, 0.15) is 25.3 Å². The number of hydrogen-bond donors (Lipinski definition) is 0. The molecule has 1 fully saturated rings. The van der Waals surface area contributed by atoms with E-state index >= 15 is 0 Å². The molecule has 1 aromatic carbocycles. The van der Waals surface area contributed by atoms with E-state index in [1.54, 1.807) is 0 Å². The van der Waals surface area contributed by atoms with Crippen molar-refractivity contribution in [3.8, 4) is 5.69 Å². The fourth-order valence-corrected chi connectivity index (χ4v) is 3.67. The Hall–Kier alpha value is -1.92. The van der Waals surface area contributed by atoms with Crippen LogP contribution in [0.3, 0.4) is 0 Å². The van der Waals surface area contributed by atoms with E-state index in [4.69, 9.17) is 17.0 Å². The van der Waals surface area contributed by atoms with Gasteiger partial charge in [-0.1, -0.05) is 18.2 Å². The smallest absolute Gasteiger partial charge is 0.310 e. The molecule has 0 aliphatic carbocycles. The average Bonchev–Trinajstić information content (AvgIpc) is 2.96. The topological polar surface area (TPSA) is 39.4 Å². The maximum Gasteiger partial charge on any atom is 0.310 e. The molecule has 1 aliphatic heterocycles. The lowest BCUT2D eigenvalue weighted by atomic mass is 9.99. The van der Waals surface area contributed by atoms with Crippen LogP contribution in [-0.2, 0) is 16.2 Å². The van der Waals surface area contributed by atoms with Crippen LogP contribution in [-0.4, -0.2) is 39.7 Å². The fraction of sp³-hybridized carbons (Fsp3) is 0.474. The van der Waals surface area contributed by atoms with Gasteiger partial charge in [0.1, 0.15) is 0 Å². The molecule has 1 saturated heterocycles. The number of carbonyl (C=O) groups excluding carboxylic acids is 1. The van der Waals surface area contributed by atoms with Gasteiger partial charge in [0.05, 0.1) is 24.9 Å². The molecule has 0 saturated carbocycles. The minimum Gasteiger partial charge on any atom is -0.466 e. The Kier molecular flexibility index (Phi) is 5.71. The van der Waals surface area contributed by atoms with Crippen LogP contribution in [0.2, 0.25) is 0 Å². The number of aromatic nitrogens is 2. The number of rotatable bonds is 5. The largest absolute Gasteiger partial charge is 0.466 e. The number of esters is 1. The Morgan fingerprint density at radius 3 is 2.88 bits per heavy atom. The Morgan fingerprint density at radius 2 is 2.12 bits per heavy atom. The molecule has 0 radical (unpaired) electrons. The van der Waals surface area contributed by atoms with Crippen molar-refractivity contribution >= 4 is 18.2 Å². The van der Waals surface area contributed by atoms with Crippen LogP contribution in [0.4, 0.5) is 0 Å². The summed E-state index contributed by atoms with van der Waals surface area (Å²) in [6.07, 6.45) is 5.94. The Morgan fingerprint density at radius 1 is 1.32 bits per heavy atom. The van der Waals surface area contributed by atoms with Crippen molar-refractivity contribution in [3.63, 3.8) is 0 Å². The number of likely N-dealkylation sites (tertiary alicyclic amines) is 1. The van der Waals surface area contributed by atoms with Crippen molar-refractivity contribution in [2.24, 2.45) is 5.92 Å². The lowest BCUT2D eigenvalue weighted by molar-refractivity contribution is -0.150. The summed E-state index contributed by atoms with van der Waals surface area (Å²) in [4.78, 5) is 14.3. The van der Waals surface area contributed by atoms with E-state index in [9.17, 15) is 4.79 Å². The quantitative estimate of drug-likeness (QED) is 0.605. The minimum absolute atomic E-state index is 0.0266. The molecule has 1 aromatic heterocycles. The number of ether oxygens (including phenoxy) is 1. The first-order valence-electron chi connectivity index (χ1n) is 8.83. The number of benzene rings is 1. The molecule has 2 aromatic rings. The molecule has 5 nitrogen and oxygen atoms in total. The van der Waals surface area contributed by atoms with Crippen LogP contribution >= 0.6 is 12.2 Å². The summed E-state index contributed by atoms with van der Waals surface area (Å²) in [5.74, 6) is -0.102. The van der Waals surface area contributed by atoms with Crippen molar-refractivity contribution in [3.05, 3.63) is 47.0 Å². The van der Waals surface area contributed by atoms with Crippen molar-refractivity contribution in [2.45, 2.75) is 33.4 Å². The number of carbonyl (C=O) groups is 1. The average molecular weight is 359 g/mol. The molecule has 0 unspecified atom stereocenters. The molecular formula is C19H25N3O2S. The van der Waals surface area contributed by atoms with Crippen LogP contribution in [0.15, 0.2) is 36.7 Å². The number of piperidine rings is 1. The van der Waals surface area contributed by atoms with Crippen molar-refractivity contribution in [1.29, 1.82) is 0 Å². The molecule has 6 heteroatoms. The van der Waals surface area contributed by atoms with E-state index in [2.05, 4.69) is 28.5 Å². The summed E-state index contributed by atoms with van der Waals surface area (Å²) >= 11 is 5.67. The lowest BCUT2D eigenvalue weighted by Crippen LogP contribution is -2.40. The molecule has 0 amide bonds. The Labute approximate surface area is 153 Å². The second kappa shape index (κ2) is 7.97. The summed E-state index contributed by atoms with van der Waals surface area (Å²) in [5.41, 5.74) is 2.30. The lowest BCUT2D eigenvalue weighted by Gasteiger charge is -2.31. The highest BCUT2D eigenvalue weighted by molar-refractivity contribution is 7.71. The normalized spacial score (nSPS) is 18.2. The van der Waals surface area contributed by atoms with Gasteiger partial charge in [0.15, 0.2) is 4.77 Å². The maximum atomic E-state index is 12.0. The first-order valence-corrected chi connectivity index (χ1v) is 9.23. The van der Waals surface area contributed by atoms with Crippen LogP contribution < -0.4 is 0 Å². The van der Waals surface area contributed by atoms with Gasteiger partial charge in [0.25, 0.3) is 0 Å². The van der Waals surface area contributed by atoms with Gasteiger partial charge in [-0.3, -0.25) is 14.3 Å². The summed E-state index contributed by atoms with van der Waals surface area (Å²) in [7, 11) is 0. The van der Waals surface area contributed by atoms with Gasteiger partial charge in [-0.2, -0.15) is 0 Å². The third kappa shape index (κ3) is 4.02. The number of hydrogen-bond acceptors (Lipinski definition) is 4. The molecule has 0 spiro atoms. The molecular weight excluding hydrogens is 334 g/mol. The highest BCUT2D eigenvalue weighted by Crippen LogP contribution is 2.20. The molecule has 0 bridgehead atoms.